The molecule has 7 heteroatoms. The molecule has 1 unspecified atom stereocenters. The van der Waals surface area contributed by atoms with Crippen molar-refractivity contribution in [3.8, 4) is 0 Å². The Morgan fingerprint density at radius 3 is 2.64 bits per heavy atom. The predicted octanol–water partition coefficient (Wildman–Crippen LogP) is 5.88. The van der Waals surface area contributed by atoms with Crippen molar-refractivity contribution in [2.24, 2.45) is 0 Å². The van der Waals surface area contributed by atoms with Crippen LogP contribution in [0.15, 0.2) is 82.6 Å². The Labute approximate surface area is 194 Å². The maximum absolute atomic E-state index is 13.6. The second kappa shape index (κ2) is 7.90. The molecule has 0 radical (unpaired) electrons. The van der Waals surface area contributed by atoms with Crippen LogP contribution in [0.3, 0.4) is 0 Å². The van der Waals surface area contributed by atoms with Gasteiger partial charge in [0.1, 0.15) is 11.6 Å². The van der Waals surface area contributed by atoms with Crippen LogP contribution in [-0.2, 0) is 4.79 Å². The van der Waals surface area contributed by atoms with Gasteiger partial charge in [0.2, 0.25) is 5.78 Å². The van der Waals surface area contributed by atoms with Gasteiger partial charge in [0.25, 0.3) is 5.91 Å². The van der Waals surface area contributed by atoms with Crippen molar-refractivity contribution in [3.63, 3.8) is 0 Å². The number of hydrogen-bond acceptors (Lipinski definition) is 5. The van der Waals surface area contributed by atoms with Gasteiger partial charge in [0.05, 0.1) is 11.3 Å². The quantitative estimate of drug-likeness (QED) is 0.386. The van der Waals surface area contributed by atoms with Gasteiger partial charge in [0.15, 0.2) is 11.5 Å². The SMILES string of the molecule is Cc1ccc(N2C(=O)C(O)=C(C(=O)c3cc4cc(Cl)ccc4o3)C2c2ccccn2)c(C)c1. The molecule has 1 amide bonds. The summed E-state index contributed by atoms with van der Waals surface area (Å²) in [6.45, 7) is 3.84. The average Bonchev–Trinajstić information content (AvgIpc) is 3.33. The number of amides is 1. The summed E-state index contributed by atoms with van der Waals surface area (Å²) >= 11 is 6.06. The van der Waals surface area contributed by atoms with E-state index in [1.54, 1.807) is 48.7 Å². The standard InChI is InChI=1S/C26H19ClN2O4/c1-14-6-8-19(15(2)11-14)29-23(18-5-3-4-10-28-18)22(25(31)26(29)32)24(30)21-13-16-12-17(27)7-9-20(16)33-21/h3-13,23,31H,1-2H3. The molecule has 6 nitrogen and oxygen atoms in total. The first-order chi connectivity index (χ1) is 15.8. The van der Waals surface area contributed by atoms with E-state index in [0.29, 0.717) is 27.4 Å². The number of aliphatic hydroxyl groups excluding tert-OH is 1. The minimum Gasteiger partial charge on any atom is -0.503 e. The highest BCUT2D eigenvalue weighted by Gasteiger charge is 2.46. The molecule has 3 heterocycles. The minimum atomic E-state index is -0.913. The molecule has 4 aromatic rings. The van der Waals surface area contributed by atoms with Crippen molar-refractivity contribution in [1.29, 1.82) is 0 Å². The fourth-order valence-electron chi connectivity index (χ4n) is 4.24. The summed E-state index contributed by atoms with van der Waals surface area (Å²) in [7, 11) is 0. The molecule has 0 saturated heterocycles. The normalized spacial score (nSPS) is 16.2. The maximum Gasteiger partial charge on any atom is 0.294 e. The third-order valence-corrected chi connectivity index (χ3v) is 5.97. The fraction of sp³-hybridized carbons (Fsp3) is 0.115. The highest BCUT2D eigenvalue weighted by Crippen LogP contribution is 2.42. The summed E-state index contributed by atoms with van der Waals surface area (Å²) in [5.41, 5.74) is 3.32. The molecule has 2 aromatic heterocycles. The van der Waals surface area contributed by atoms with Crippen LogP contribution in [0.2, 0.25) is 5.02 Å². The predicted molar refractivity (Wildman–Crippen MR) is 126 cm³/mol. The molecule has 0 bridgehead atoms. The number of Topliss-reactive ketones (excluding diaryl/α,β-unsaturated/α-hetero) is 1. The van der Waals surface area contributed by atoms with Crippen molar-refractivity contribution in [2.75, 3.05) is 4.90 Å². The van der Waals surface area contributed by atoms with Gasteiger partial charge >= 0.3 is 0 Å². The molecule has 0 spiro atoms. The van der Waals surface area contributed by atoms with E-state index in [9.17, 15) is 14.7 Å². The van der Waals surface area contributed by atoms with Gasteiger partial charge < -0.3 is 9.52 Å². The summed E-state index contributed by atoms with van der Waals surface area (Å²) in [6, 6.07) is 16.5. The summed E-state index contributed by atoms with van der Waals surface area (Å²) in [4.78, 5) is 32.7. The molecule has 164 valence electrons. The molecule has 0 fully saturated rings. The average molecular weight is 459 g/mol. The van der Waals surface area contributed by atoms with Gasteiger partial charge in [-0.3, -0.25) is 19.5 Å². The summed E-state index contributed by atoms with van der Waals surface area (Å²) in [5.74, 6) is -1.87. The third kappa shape index (κ3) is 3.49. The van der Waals surface area contributed by atoms with Gasteiger partial charge in [-0.1, -0.05) is 35.4 Å². The Morgan fingerprint density at radius 2 is 1.91 bits per heavy atom. The number of pyridine rings is 1. The zero-order valence-electron chi connectivity index (χ0n) is 17.9. The van der Waals surface area contributed by atoms with Gasteiger partial charge in [0, 0.05) is 22.3 Å². The molecule has 1 N–H and O–H groups in total. The molecule has 0 aliphatic carbocycles. The lowest BCUT2D eigenvalue weighted by atomic mass is 9.97. The summed E-state index contributed by atoms with van der Waals surface area (Å²) in [5, 5.41) is 12.1. The zero-order chi connectivity index (χ0) is 23.3. The topological polar surface area (TPSA) is 83.6 Å². The number of nitrogens with zero attached hydrogens (tertiary/aromatic N) is 2. The number of hydrogen-bond donors (Lipinski definition) is 1. The number of aryl methyl sites for hydroxylation is 2. The van der Waals surface area contributed by atoms with E-state index >= 15 is 0 Å². The van der Waals surface area contributed by atoms with Crippen LogP contribution in [0.25, 0.3) is 11.0 Å². The largest absolute Gasteiger partial charge is 0.503 e. The van der Waals surface area contributed by atoms with Gasteiger partial charge in [-0.15, -0.1) is 0 Å². The molecule has 1 atom stereocenters. The van der Waals surface area contributed by atoms with Crippen LogP contribution in [0.5, 0.6) is 0 Å². The van der Waals surface area contributed by atoms with E-state index in [1.807, 2.05) is 32.0 Å². The van der Waals surface area contributed by atoms with Gasteiger partial charge in [-0.2, -0.15) is 0 Å². The Hall–Kier alpha value is -3.90. The summed E-state index contributed by atoms with van der Waals surface area (Å²) < 4.78 is 5.74. The highest BCUT2D eigenvalue weighted by atomic mass is 35.5. The Bertz CT molecular complexity index is 1460. The molecule has 33 heavy (non-hydrogen) atoms. The second-order valence-electron chi connectivity index (χ2n) is 8.01. The highest BCUT2D eigenvalue weighted by molar-refractivity contribution is 6.31. The lowest BCUT2D eigenvalue weighted by molar-refractivity contribution is -0.117. The van der Waals surface area contributed by atoms with E-state index < -0.39 is 23.5 Å². The summed E-state index contributed by atoms with van der Waals surface area (Å²) in [6.07, 6.45) is 1.58. The van der Waals surface area contributed by atoms with Crippen LogP contribution in [0.4, 0.5) is 5.69 Å². The van der Waals surface area contributed by atoms with E-state index in [-0.39, 0.29) is 11.3 Å². The number of carbonyl (C=O) groups is 2. The van der Waals surface area contributed by atoms with Crippen LogP contribution < -0.4 is 4.90 Å². The Morgan fingerprint density at radius 1 is 1.09 bits per heavy atom. The number of carbonyl (C=O) groups excluding carboxylic acids is 2. The number of anilines is 1. The minimum absolute atomic E-state index is 0.00465. The van der Waals surface area contributed by atoms with Crippen LogP contribution in [-0.4, -0.2) is 21.8 Å². The molecule has 1 aliphatic heterocycles. The van der Waals surface area contributed by atoms with Crippen molar-refractivity contribution < 1.29 is 19.1 Å². The first-order valence-electron chi connectivity index (χ1n) is 10.3. The van der Waals surface area contributed by atoms with Crippen molar-refractivity contribution in [1.82, 2.24) is 4.98 Å². The van der Waals surface area contributed by atoms with E-state index in [0.717, 1.165) is 11.1 Å². The van der Waals surface area contributed by atoms with Crippen molar-refractivity contribution >= 4 is 39.9 Å². The lowest BCUT2D eigenvalue weighted by Crippen LogP contribution is -2.32. The number of halogens is 1. The van der Waals surface area contributed by atoms with Crippen molar-refractivity contribution in [3.05, 3.63) is 106 Å². The Kier molecular flexibility index (Phi) is 5.02. The number of aliphatic hydroxyl groups is 1. The number of benzene rings is 2. The molecule has 2 aromatic carbocycles. The molecule has 1 aliphatic rings. The van der Waals surface area contributed by atoms with Gasteiger partial charge in [-0.05, 0) is 61.9 Å². The molecule has 0 saturated carbocycles. The van der Waals surface area contributed by atoms with E-state index in [1.165, 1.54) is 4.90 Å². The van der Waals surface area contributed by atoms with Crippen LogP contribution in [0, 0.1) is 13.8 Å². The number of furan rings is 1. The van der Waals surface area contributed by atoms with Crippen LogP contribution >= 0.6 is 11.6 Å². The van der Waals surface area contributed by atoms with Gasteiger partial charge in [-0.25, -0.2) is 0 Å². The first-order valence-corrected chi connectivity index (χ1v) is 10.7. The number of rotatable bonds is 4. The number of fused-ring (bicyclic) bond motifs is 1. The van der Waals surface area contributed by atoms with E-state index in [4.69, 9.17) is 16.0 Å². The third-order valence-electron chi connectivity index (χ3n) is 5.73. The molecule has 5 rings (SSSR count). The van der Waals surface area contributed by atoms with Crippen LogP contribution in [0.1, 0.15) is 33.4 Å². The zero-order valence-corrected chi connectivity index (χ0v) is 18.6. The Balaban J connectivity index is 1.67. The number of aromatic nitrogens is 1. The molecular formula is C26H19ClN2O4. The smallest absolute Gasteiger partial charge is 0.294 e. The second-order valence-corrected chi connectivity index (χ2v) is 8.44. The lowest BCUT2D eigenvalue weighted by Gasteiger charge is -2.27. The maximum atomic E-state index is 13.6. The fourth-order valence-corrected chi connectivity index (χ4v) is 4.42. The monoisotopic (exact) mass is 458 g/mol. The van der Waals surface area contributed by atoms with Crippen molar-refractivity contribution in [2.45, 2.75) is 19.9 Å². The first kappa shape index (κ1) is 21.0. The molecular weight excluding hydrogens is 440 g/mol. The number of ketones is 1. The van der Waals surface area contributed by atoms with E-state index in [2.05, 4.69) is 4.98 Å².